The van der Waals surface area contributed by atoms with Crippen molar-refractivity contribution in [3.05, 3.63) is 23.8 Å². The zero-order chi connectivity index (χ0) is 17.0. The van der Waals surface area contributed by atoms with Gasteiger partial charge in [-0.2, -0.15) is 9.97 Å². The highest BCUT2D eigenvalue weighted by molar-refractivity contribution is 5.97. The fourth-order valence-electron chi connectivity index (χ4n) is 2.02. The van der Waals surface area contributed by atoms with Gasteiger partial charge in [0.25, 0.3) is 0 Å². The van der Waals surface area contributed by atoms with Crippen molar-refractivity contribution in [3.63, 3.8) is 0 Å². The third-order valence-corrected chi connectivity index (χ3v) is 3.09. The highest BCUT2D eigenvalue weighted by Gasteiger charge is 2.15. The van der Waals surface area contributed by atoms with E-state index in [4.69, 9.17) is 26.7 Å². The molecule has 7 N–H and O–H groups in total. The first kappa shape index (κ1) is 16.1. The van der Waals surface area contributed by atoms with E-state index < -0.39 is 0 Å². The molecule has 1 aromatic carbocycles. The van der Waals surface area contributed by atoms with Crippen LogP contribution >= 0.6 is 0 Å². The summed E-state index contributed by atoms with van der Waals surface area (Å²) in [6.07, 6.45) is 0.0314. The Bertz CT molecular complexity index is 711. The average molecular weight is 318 g/mol. The van der Waals surface area contributed by atoms with Crippen LogP contribution in [0.25, 0.3) is 0 Å². The summed E-state index contributed by atoms with van der Waals surface area (Å²) < 4.78 is 10.4. The number of benzene rings is 1. The highest BCUT2D eigenvalue weighted by atomic mass is 16.5. The monoisotopic (exact) mass is 318 g/mol. The minimum absolute atomic E-state index is 0.000886. The van der Waals surface area contributed by atoms with Gasteiger partial charge in [-0.25, -0.2) is 0 Å². The molecule has 9 heteroatoms. The number of hydrogen-bond donors (Lipinski definition) is 4. The number of nitrogens with zero attached hydrogens (tertiary/aromatic N) is 2. The van der Waals surface area contributed by atoms with Gasteiger partial charge in [0, 0.05) is 5.56 Å². The number of rotatable bonds is 5. The Labute approximate surface area is 132 Å². The lowest BCUT2D eigenvalue weighted by atomic mass is 10.1. The van der Waals surface area contributed by atoms with Crippen LogP contribution in [0.2, 0.25) is 0 Å². The fraction of sp³-hybridized carbons (Fsp3) is 0.214. The summed E-state index contributed by atoms with van der Waals surface area (Å²) in [5.74, 6) is 0.761. The zero-order valence-electron chi connectivity index (χ0n) is 12.8. The van der Waals surface area contributed by atoms with Crippen molar-refractivity contribution in [1.29, 1.82) is 0 Å². The largest absolute Gasteiger partial charge is 0.497 e. The lowest BCUT2D eigenvalue weighted by Gasteiger charge is -2.12. The molecule has 0 bridgehead atoms. The number of ether oxygens (including phenoxy) is 2. The van der Waals surface area contributed by atoms with Crippen LogP contribution in [0.1, 0.15) is 5.56 Å². The van der Waals surface area contributed by atoms with Gasteiger partial charge in [-0.1, -0.05) is 0 Å². The van der Waals surface area contributed by atoms with Crippen LogP contribution in [0.5, 0.6) is 11.5 Å². The molecule has 0 saturated carbocycles. The maximum atomic E-state index is 12.2. The van der Waals surface area contributed by atoms with Crippen LogP contribution in [0, 0.1) is 0 Å². The van der Waals surface area contributed by atoms with Gasteiger partial charge in [0.05, 0.1) is 20.6 Å². The van der Waals surface area contributed by atoms with Gasteiger partial charge >= 0.3 is 0 Å². The molecule has 0 spiro atoms. The number of carbonyl (C=O) groups is 1. The number of anilines is 4. The van der Waals surface area contributed by atoms with E-state index in [1.807, 2.05) is 0 Å². The van der Waals surface area contributed by atoms with Crippen molar-refractivity contribution in [1.82, 2.24) is 9.97 Å². The fourth-order valence-corrected chi connectivity index (χ4v) is 2.02. The SMILES string of the molecule is COc1ccc(OC)c(CC(=O)Nc2c(N)nc(N)nc2N)c1. The van der Waals surface area contributed by atoms with Gasteiger partial charge in [-0.3, -0.25) is 4.79 Å². The predicted molar refractivity (Wildman–Crippen MR) is 87.1 cm³/mol. The molecule has 0 saturated heterocycles. The molecule has 1 amide bonds. The summed E-state index contributed by atoms with van der Waals surface area (Å²) in [6, 6.07) is 5.17. The molecule has 1 aromatic heterocycles. The average Bonchev–Trinajstić information content (AvgIpc) is 2.50. The van der Waals surface area contributed by atoms with Crippen molar-refractivity contribution in [2.75, 3.05) is 36.7 Å². The van der Waals surface area contributed by atoms with E-state index in [1.54, 1.807) is 25.3 Å². The molecule has 122 valence electrons. The summed E-state index contributed by atoms with van der Waals surface area (Å²) in [5.41, 5.74) is 17.6. The molecule has 9 nitrogen and oxygen atoms in total. The Hall–Kier alpha value is -3.23. The molecule has 0 unspecified atom stereocenters. The Morgan fingerprint density at radius 2 is 1.78 bits per heavy atom. The molecule has 0 fully saturated rings. The lowest BCUT2D eigenvalue weighted by Crippen LogP contribution is -2.19. The van der Waals surface area contributed by atoms with E-state index in [2.05, 4.69) is 15.3 Å². The number of nitrogen functional groups attached to an aromatic ring is 3. The minimum atomic E-state index is -0.358. The second-order valence-electron chi connectivity index (χ2n) is 4.63. The van der Waals surface area contributed by atoms with Gasteiger partial charge in [-0.05, 0) is 18.2 Å². The van der Waals surface area contributed by atoms with Gasteiger partial charge in [-0.15, -0.1) is 0 Å². The number of amides is 1. The number of aromatic nitrogens is 2. The summed E-state index contributed by atoms with van der Waals surface area (Å²) in [7, 11) is 3.06. The van der Waals surface area contributed by atoms with Crippen LogP contribution in [0.4, 0.5) is 23.3 Å². The molecule has 0 radical (unpaired) electrons. The third kappa shape index (κ3) is 3.70. The number of nitrogens with two attached hydrogens (primary N) is 3. The molecule has 1 heterocycles. The molecule has 23 heavy (non-hydrogen) atoms. The number of methoxy groups -OCH3 is 2. The molecular weight excluding hydrogens is 300 g/mol. The van der Waals surface area contributed by atoms with Gasteiger partial charge in [0.2, 0.25) is 11.9 Å². The van der Waals surface area contributed by atoms with E-state index >= 15 is 0 Å². The van der Waals surface area contributed by atoms with Crippen LogP contribution < -0.4 is 32.0 Å². The van der Waals surface area contributed by atoms with Crippen molar-refractivity contribution < 1.29 is 14.3 Å². The predicted octanol–water partition coefficient (Wildman–Crippen LogP) is 0.422. The molecule has 2 rings (SSSR count). The van der Waals surface area contributed by atoms with Crippen molar-refractivity contribution in [2.24, 2.45) is 0 Å². The van der Waals surface area contributed by atoms with E-state index in [-0.39, 0.29) is 35.6 Å². The lowest BCUT2D eigenvalue weighted by molar-refractivity contribution is -0.115. The summed E-state index contributed by atoms with van der Waals surface area (Å²) in [4.78, 5) is 19.8. The summed E-state index contributed by atoms with van der Waals surface area (Å²) in [6.45, 7) is 0. The quantitative estimate of drug-likeness (QED) is 0.619. The first-order chi connectivity index (χ1) is 10.9. The smallest absolute Gasteiger partial charge is 0.229 e. The number of nitrogens with one attached hydrogen (secondary N) is 1. The number of hydrogen-bond acceptors (Lipinski definition) is 8. The standard InChI is InChI=1S/C14H18N6O3/c1-22-8-3-4-9(23-2)7(5-8)6-10(21)18-11-12(15)19-14(17)20-13(11)16/h3-5H,6H2,1-2H3,(H,18,21)(H6,15,16,17,19,20). The van der Waals surface area contributed by atoms with E-state index in [9.17, 15) is 4.79 Å². The summed E-state index contributed by atoms with van der Waals surface area (Å²) >= 11 is 0. The maximum Gasteiger partial charge on any atom is 0.229 e. The van der Waals surface area contributed by atoms with E-state index in [0.29, 0.717) is 17.1 Å². The summed E-state index contributed by atoms with van der Waals surface area (Å²) in [5, 5.41) is 2.58. The van der Waals surface area contributed by atoms with E-state index in [0.717, 1.165) is 0 Å². The second-order valence-corrected chi connectivity index (χ2v) is 4.63. The van der Waals surface area contributed by atoms with Gasteiger partial charge in [0.15, 0.2) is 11.6 Å². The molecule has 0 aliphatic heterocycles. The third-order valence-electron chi connectivity index (χ3n) is 3.09. The van der Waals surface area contributed by atoms with Crippen LogP contribution in [0.15, 0.2) is 18.2 Å². The van der Waals surface area contributed by atoms with Crippen molar-refractivity contribution >= 4 is 29.2 Å². The Kier molecular flexibility index (Phi) is 4.69. The Morgan fingerprint density at radius 1 is 1.13 bits per heavy atom. The normalized spacial score (nSPS) is 10.2. The van der Waals surface area contributed by atoms with Crippen LogP contribution in [0.3, 0.4) is 0 Å². The van der Waals surface area contributed by atoms with Crippen LogP contribution in [-0.4, -0.2) is 30.1 Å². The molecule has 2 aromatic rings. The van der Waals surface area contributed by atoms with Crippen molar-refractivity contribution in [3.8, 4) is 11.5 Å². The van der Waals surface area contributed by atoms with E-state index in [1.165, 1.54) is 7.11 Å². The van der Waals surface area contributed by atoms with Gasteiger partial charge in [0.1, 0.15) is 17.2 Å². The first-order valence-electron chi connectivity index (χ1n) is 6.63. The van der Waals surface area contributed by atoms with Crippen molar-refractivity contribution in [2.45, 2.75) is 6.42 Å². The Morgan fingerprint density at radius 3 is 2.35 bits per heavy atom. The topological polar surface area (TPSA) is 151 Å². The minimum Gasteiger partial charge on any atom is -0.497 e. The Balaban J connectivity index is 2.20. The van der Waals surface area contributed by atoms with Gasteiger partial charge < -0.3 is 32.0 Å². The van der Waals surface area contributed by atoms with Crippen LogP contribution in [-0.2, 0) is 11.2 Å². The molecular formula is C14H18N6O3. The maximum absolute atomic E-state index is 12.2. The molecule has 0 aliphatic carbocycles. The second kappa shape index (κ2) is 6.69. The highest BCUT2D eigenvalue weighted by Crippen LogP contribution is 2.26. The number of carbonyl (C=O) groups excluding carboxylic acids is 1. The molecule has 0 atom stereocenters. The first-order valence-corrected chi connectivity index (χ1v) is 6.63. The molecule has 0 aliphatic rings. The zero-order valence-corrected chi connectivity index (χ0v) is 12.8.